The number of aldehydes is 1. The van der Waals surface area contributed by atoms with Crippen molar-refractivity contribution in [3.8, 4) is 0 Å². The minimum atomic E-state index is -1.06. The first-order valence-corrected chi connectivity index (χ1v) is 14.2. The molecule has 1 unspecified atom stereocenters. The van der Waals surface area contributed by atoms with Gasteiger partial charge in [0.15, 0.2) is 0 Å². The summed E-state index contributed by atoms with van der Waals surface area (Å²) < 4.78 is 21.7. The summed E-state index contributed by atoms with van der Waals surface area (Å²) >= 11 is 0. The molecule has 1 aromatic rings. The summed E-state index contributed by atoms with van der Waals surface area (Å²) in [5.41, 5.74) is 0.427. The van der Waals surface area contributed by atoms with Gasteiger partial charge in [-0.05, 0) is 52.2 Å². The molecule has 1 aliphatic rings. The summed E-state index contributed by atoms with van der Waals surface area (Å²) in [4.78, 5) is 61.9. The van der Waals surface area contributed by atoms with Crippen LogP contribution in [-0.4, -0.2) is 106 Å². The Bertz CT molecular complexity index is 1060. The normalized spacial score (nSPS) is 13.5. The van der Waals surface area contributed by atoms with Gasteiger partial charge < -0.3 is 39.7 Å². The largest absolute Gasteiger partial charge is 0.444 e. The maximum atomic E-state index is 13.2. The van der Waals surface area contributed by atoms with Crippen molar-refractivity contribution < 1.29 is 42.9 Å². The molecule has 1 atom stereocenters. The molecule has 234 valence electrons. The highest BCUT2D eigenvalue weighted by Crippen LogP contribution is 2.31. The van der Waals surface area contributed by atoms with E-state index >= 15 is 0 Å². The minimum Gasteiger partial charge on any atom is -0.444 e. The number of rotatable bonds is 20. The van der Waals surface area contributed by atoms with Gasteiger partial charge in [-0.25, -0.2) is 4.79 Å². The molecule has 2 rings (SSSR count). The Labute approximate surface area is 246 Å². The highest BCUT2D eigenvalue weighted by molar-refractivity contribution is 6.25. The van der Waals surface area contributed by atoms with Crippen LogP contribution < -0.4 is 16.0 Å². The average Bonchev–Trinajstić information content (AvgIpc) is 3.20. The van der Waals surface area contributed by atoms with Crippen LogP contribution in [0.2, 0.25) is 0 Å². The Balaban J connectivity index is 1.59. The first-order chi connectivity index (χ1) is 20.1. The molecule has 1 heterocycles. The molecule has 13 heteroatoms. The van der Waals surface area contributed by atoms with E-state index in [9.17, 15) is 24.0 Å². The van der Waals surface area contributed by atoms with Crippen LogP contribution >= 0.6 is 0 Å². The molecule has 1 aromatic carbocycles. The van der Waals surface area contributed by atoms with Gasteiger partial charge in [0.2, 0.25) is 5.91 Å². The Hall–Kier alpha value is -3.55. The maximum absolute atomic E-state index is 13.2. The predicted molar refractivity (Wildman–Crippen MR) is 155 cm³/mol. The van der Waals surface area contributed by atoms with E-state index in [1.165, 1.54) is 7.05 Å². The van der Waals surface area contributed by atoms with Crippen molar-refractivity contribution in [3.05, 3.63) is 29.3 Å². The third-order valence-electron chi connectivity index (χ3n) is 6.02. The Morgan fingerprint density at radius 1 is 0.929 bits per heavy atom. The third kappa shape index (κ3) is 11.4. The maximum Gasteiger partial charge on any atom is 0.407 e. The summed E-state index contributed by atoms with van der Waals surface area (Å²) in [6, 6.07) is 3.88. The van der Waals surface area contributed by atoms with Crippen LogP contribution in [0.3, 0.4) is 0 Å². The standard InChI is InChI=1S/C29H44N4O9/c1-29(2,3)42-28(38)32-13-8-16-40-18-20-41-19-17-39-15-7-12-31-22-10-5-9-21-24(22)27(37)33(26(21)36)23(11-6-14-34)25(35)30-4/h5,9-10,14,23,31H,6-8,11-13,15-20H2,1-4H3,(H,30,35)(H,32,38). The number of nitrogens with zero attached hydrogens (tertiary/aromatic N) is 1. The van der Waals surface area contributed by atoms with E-state index in [4.69, 9.17) is 18.9 Å². The van der Waals surface area contributed by atoms with Gasteiger partial charge in [-0.3, -0.25) is 19.3 Å². The van der Waals surface area contributed by atoms with Gasteiger partial charge in [0.1, 0.15) is 17.9 Å². The quantitative estimate of drug-likeness (QED) is 0.116. The molecule has 13 nitrogen and oxygen atoms in total. The van der Waals surface area contributed by atoms with E-state index in [2.05, 4.69) is 16.0 Å². The molecule has 3 N–H and O–H groups in total. The third-order valence-corrected chi connectivity index (χ3v) is 6.02. The number of carbonyl (C=O) groups is 5. The van der Waals surface area contributed by atoms with E-state index < -0.39 is 35.5 Å². The van der Waals surface area contributed by atoms with E-state index in [1.807, 2.05) is 20.8 Å². The number of hydrogen-bond donors (Lipinski definition) is 3. The second-order valence-electron chi connectivity index (χ2n) is 10.5. The van der Waals surface area contributed by atoms with Crippen LogP contribution in [0.1, 0.15) is 67.2 Å². The molecule has 0 saturated carbocycles. The molecule has 1 aliphatic heterocycles. The Morgan fingerprint density at radius 2 is 1.55 bits per heavy atom. The fourth-order valence-electron chi connectivity index (χ4n) is 4.12. The molecule has 0 fully saturated rings. The lowest BCUT2D eigenvalue weighted by molar-refractivity contribution is -0.124. The fourth-order valence-corrected chi connectivity index (χ4v) is 4.12. The lowest BCUT2D eigenvalue weighted by Gasteiger charge is -2.24. The highest BCUT2D eigenvalue weighted by Gasteiger charge is 2.43. The zero-order valence-corrected chi connectivity index (χ0v) is 25.0. The van der Waals surface area contributed by atoms with E-state index in [1.54, 1.807) is 18.2 Å². The molecule has 0 spiro atoms. The topological polar surface area (TPSA) is 162 Å². The monoisotopic (exact) mass is 592 g/mol. The van der Waals surface area contributed by atoms with Gasteiger partial charge in [-0.2, -0.15) is 0 Å². The van der Waals surface area contributed by atoms with Gasteiger partial charge in [-0.1, -0.05) is 6.07 Å². The minimum absolute atomic E-state index is 0.0477. The van der Waals surface area contributed by atoms with Gasteiger partial charge in [0.25, 0.3) is 11.8 Å². The molecule has 0 aromatic heterocycles. The summed E-state index contributed by atoms with van der Waals surface area (Å²) in [7, 11) is 1.42. The number of likely N-dealkylation sites (N-methyl/N-ethyl adjacent to an activating group) is 1. The van der Waals surface area contributed by atoms with Gasteiger partial charge in [0, 0.05) is 45.5 Å². The van der Waals surface area contributed by atoms with Crippen molar-refractivity contribution in [1.82, 2.24) is 15.5 Å². The van der Waals surface area contributed by atoms with Gasteiger partial charge >= 0.3 is 6.09 Å². The molecular weight excluding hydrogens is 548 g/mol. The summed E-state index contributed by atoms with van der Waals surface area (Å²) in [5.74, 6) is -1.62. The molecular formula is C29H44N4O9. The number of nitrogens with one attached hydrogen (secondary N) is 3. The van der Waals surface area contributed by atoms with Crippen molar-refractivity contribution in [3.63, 3.8) is 0 Å². The van der Waals surface area contributed by atoms with Crippen molar-refractivity contribution >= 4 is 35.8 Å². The first kappa shape index (κ1) is 34.7. The number of amides is 4. The zero-order chi connectivity index (χ0) is 31.0. The molecule has 0 bridgehead atoms. The predicted octanol–water partition coefficient (Wildman–Crippen LogP) is 2.14. The van der Waals surface area contributed by atoms with Crippen molar-refractivity contribution in [2.45, 2.75) is 58.1 Å². The van der Waals surface area contributed by atoms with Gasteiger partial charge in [0.05, 0.1) is 37.6 Å². The number of carbonyl (C=O) groups excluding carboxylic acids is 5. The number of ether oxygens (including phenoxy) is 4. The summed E-state index contributed by atoms with van der Waals surface area (Å²) in [6.07, 6.45) is 1.64. The molecule has 4 amide bonds. The van der Waals surface area contributed by atoms with Crippen LogP contribution in [0, 0.1) is 0 Å². The SMILES string of the molecule is CNC(=O)C(CCC=O)N1C(=O)c2cccc(NCCCOCCOCCOCCCNC(=O)OC(C)(C)C)c2C1=O. The second-order valence-corrected chi connectivity index (χ2v) is 10.5. The number of imide groups is 1. The highest BCUT2D eigenvalue weighted by atomic mass is 16.6. The number of alkyl carbamates (subject to hydrolysis) is 1. The zero-order valence-electron chi connectivity index (χ0n) is 25.0. The van der Waals surface area contributed by atoms with E-state index in [-0.39, 0.29) is 24.0 Å². The van der Waals surface area contributed by atoms with Crippen LogP contribution in [0.5, 0.6) is 0 Å². The van der Waals surface area contributed by atoms with Crippen LogP contribution in [0.25, 0.3) is 0 Å². The molecule has 0 radical (unpaired) electrons. The van der Waals surface area contributed by atoms with Gasteiger partial charge in [-0.15, -0.1) is 0 Å². The summed E-state index contributed by atoms with van der Waals surface area (Å²) in [5, 5.41) is 8.32. The van der Waals surface area contributed by atoms with Crippen molar-refractivity contribution in [2.75, 3.05) is 65.1 Å². The van der Waals surface area contributed by atoms with Crippen LogP contribution in [0.4, 0.5) is 10.5 Å². The average molecular weight is 593 g/mol. The van der Waals surface area contributed by atoms with E-state index in [0.717, 1.165) is 4.90 Å². The Kier molecular flexibility index (Phi) is 14.9. The molecule has 0 saturated heterocycles. The van der Waals surface area contributed by atoms with Crippen molar-refractivity contribution in [2.24, 2.45) is 0 Å². The lowest BCUT2D eigenvalue weighted by Crippen LogP contribution is -2.48. The van der Waals surface area contributed by atoms with Crippen LogP contribution in [0.15, 0.2) is 18.2 Å². The summed E-state index contributed by atoms with van der Waals surface area (Å²) in [6.45, 7) is 9.09. The Morgan fingerprint density at radius 3 is 2.14 bits per heavy atom. The number of fused-ring (bicyclic) bond motifs is 1. The van der Waals surface area contributed by atoms with Crippen molar-refractivity contribution in [1.29, 1.82) is 0 Å². The number of benzene rings is 1. The lowest BCUT2D eigenvalue weighted by atomic mass is 10.1. The molecule has 42 heavy (non-hydrogen) atoms. The molecule has 0 aliphatic carbocycles. The number of hydrogen-bond acceptors (Lipinski definition) is 10. The second kappa shape index (κ2) is 18.1. The fraction of sp³-hybridized carbons (Fsp3) is 0.621. The smallest absolute Gasteiger partial charge is 0.407 e. The van der Waals surface area contributed by atoms with Crippen LogP contribution in [-0.2, 0) is 28.5 Å². The van der Waals surface area contributed by atoms with E-state index in [0.29, 0.717) is 77.5 Å². The number of anilines is 1. The first-order valence-electron chi connectivity index (χ1n) is 14.2.